The summed E-state index contributed by atoms with van der Waals surface area (Å²) in [5.74, 6) is -0.685. The van der Waals surface area contributed by atoms with E-state index in [0.717, 1.165) is 6.07 Å². The van der Waals surface area contributed by atoms with Crippen molar-refractivity contribution in [3.05, 3.63) is 58.3 Å². The van der Waals surface area contributed by atoms with Crippen LogP contribution in [0.1, 0.15) is 5.56 Å². The maximum Gasteiger partial charge on any atom is 0.263 e. The van der Waals surface area contributed by atoms with Crippen LogP contribution >= 0.6 is 28.1 Å². The lowest BCUT2D eigenvalue weighted by molar-refractivity contribution is 0.600. The lowest BCUT2D eigenvalue weighted by Gasteiger charge is -2.13. The Bertz CT molecular complexity index is 810. The van der Waals surface area contributed by atoms with Gasteiger partial charge in [-0.3, -0.25) is 4.72 Å². The van der Waals surface area contributed by atoms with Crippen LogP contribution in [0.2, 0.25) is 0 Å². The summed E-state index contributed by atoms with van der Waals surface area (Å²) < 4.78 is 41.2. The highest BCUT2D eigenvalue weighted by Gasteiger charge is 2.20. The Labute approximate surface area is 135 Å². The first-order valence-electron chi connectivity index (χ1n) is 5.68. The second-order valence-corrected chi connectivity index (χ2v) is 7.01. The second kappa shape index (κ2) is 6.08. The lowest BCUT2D eigenvalue weighted by atomic mass is 10.2. The largest absolute Gasteiger partial charge is 0.389 e. The van der Waals surface area contributed by atoms with Crippen LogP contribution in [-0.4, -0.2) is 13.4 Å². The first kappa shape index (κ1) is 15.9. The molecular weight excluding hydrogens is 379 g/mol. The third-order valence-corrected chi connectivity index (χ3v) is 5.21. The molecule has 0 heterocycles. The molecule has 0 aliphatic carbocycles. The number of hydrogen-bond acceptors (Lipinski definition) is 3. The van der Waals surface area contributed by atoms with E-state index < -0.39 is 15.8 Å². The van der Waals surface area contributed by atoms with Crippen molar-refractivity contribution in [2.24, 2.45) is 5.73 Å². The summed E-state index contributed by atoms with van der Waals surface area (Å²) in [4.78, 5) is -0.193. The maximum absolute atomic E-state index is 13.7. The number of sulfonamides is 1. The standard InChI is InChI=1S/C13H10BrFN2O2S2/c14-8-4-1-2-7-11(8)21(18,19)17-10-6-3-5-9(15)12(10)13(16)20/h1-7,17H,(H2,16,20). The minimum Gasteiger partial charge on any atom is -0.389 e. The Kier molecular flexibility index (Phi) is 4.60. The quantitative estimate of drug-likeness (QED) is 0.789. The highest BCUT2D eigenvalue weighted by atomic mass is 79.9. The molecule has 0 atom stereocenters. The summed E-state index contributed by atoms with van der Waals surface area (Å²) in [5, 5.41) is 0. The van der Waals surface area contributed by atoms with Crippen LogP contribution in [0.25, 0.3) is 0 Å². The molecule has 8 heteroatoms. The summed E-state index contributed by atoms with van der Waals surface area (Å²) in [6, 6.07) is 10.2. The third kappa shape index (κ3) is 3.39. The predicted octanol–water partition coefficient (Wildman–Crippen LogP) is 3.02. The number of halogens is 2. The number of nitrogens with one attached hydrogen (secondary N) is 1. The van der Waals surface area contributed by atoms with Gasteiger partial charge < -0.3 is 5.73 Å². The zero-order valence-electron chi connectivity index (χ0n) is 10.5. The van der Waals surface area contributed by atoms with Gasteiger partial charge in [-0.15, -0.1) is 0 Å². The molecule has 2 aromatic carbocycles. The van der Waals surface area contributed by atoms with Crippen LogP contribution in [-0.2, 0) is 10.0 Å². The molecule has 0 fully saturated rings. The lowest BCUT2D eigenvalue weighted by Crippen LogP contribution is -2.19. The van der Waals surface area contributed by atoms with Crippen LogP contribution in [0.4, 0.5) is 10.1 Å². The molecular formula is C13H10BrFN2O2S2. The highest BCUT2D eigenvalue weighted by molar-refractivity contribution is 9.10. The van der Waals surface area contributed by atoms with Crippen molar-refractivity contribution in [3.63, 3.8) is 0 Å². The molecule has 0 saturated carbocycles. The van der Waals surface area contributed by atoms with Gasteiger partial charge in [-0.1, -0.05) is 30.4 Å². The van der Waals surface area contributed by atoms with E-state index in [1.165, 1.54) is 18.2 Å². The van der Waals surface area contributed by atoms with Crippen LogP contribution < -0.4 is 10.5 Å². The Morgan fingerprint density at radius 1 is 1.19 bits per heavy atom. The Morgan fingerprint density at radius 3 is 2.48 bits per heavy atom. The number of benzene rings is 2. The summed E-state index contributed by atoms with van der Waals surface area (Å²) in [5.41, 5.74) is 5.31. The van der Waals surface area contributed by atoms with Crippen molar-refractivity contribution in [2.75, 3.05) is 4.72 Å². The summed E-state index contributed by atoms with van der Waals surface area (Å²) in [6.45, 7) is 0. The minimum atomic E-state index is -3.90. The molecule has 0 bridgehead atoms. The van der Waals surface area contributed by atoms with Crippen molar-refractivity contribution < 1.29 is 12.8 Å². The predicted molar refractivity (Wildman–Crippen MR) is 87.2 cm³/mol. The molecule has 2 rings (SSSR count). The zero-order chi connectivity index (χ0) is 15.6. The number of rotatable bonds is 4. The second-order valence-electron chi connectivity index (χ2n) is 4.06. The maximum atomic E-state index is 13.7. The third-order valence-electron chi connectivity index (χ3n) is 2.63. The average molecular weight is 389 g/mol. The Hall–Kier alpha value is -1.51. The molecule has 0 spiro atoms. The van der Waals surface area contributed by atoms with Crippen molar-refractivity contribution in [3.8, 4) is 0 Å². The molecule has 21 heavy (non-hydrogen) atoms. The van der Waals surface area contributed by atoms with Gasteiger partial charge in [0, 0.05) is 4.47 Å². The van der Waals surface area contributed by atoms with Crippen LogP contribution in [0.3, 0.4) is 0 Å². The summed E-state index contributed by atoms with van der Waals surface area (Å²) in [7, 11) is -3.90. The van der Waals surface area contributed by atoms with Gasteiger partial charge in [0.05, 0.1) is 11.3 Å². The molecule has 3 N–H and O–H groups in total. The van der Waals surface area contributed by atoms with Gasteiger partial charge in [0.25, 0.3) is 10.0 Å². The van der Waals surface area contributed by atoms with Gasteiger partial charge in [0.2, 0.25) is 0 Å². The van der Waals surface area contributed by atoms with E-state index in [1.54, 1.807) is 18.2 Å². The fraction of sp³-hybridized carbons (Fsp3) is 0. The monoisotopic (exact) mass is 388 g/mol. The Morgan fingerprint density at radius 2 is 1.86 bits per heavy atom. The Balaban J connectivity index is 2.50. The molecule has 0 unspecified atom stereocenters. The molecule has 4 nitrogen and oxygen atoms in total. The fourth-order valence-electron chi connectivity index (χ4n) is 1.72. The van der Waals surface area contributed by atoms with Gasteiger partial charge in [-0.25, -0.2) is 12.8 Å². The van der Waals surface area contributed by atoms with E-state index >= 15 is 0 Å². The first-order chi connectivity index (χ1) is 9.83. The van der Waals surface area contributed by atoms with E-state index in [1.807, 2.05) is 0 Å². The van der Waals surface area contributed by atoms with E-state index in [0.29, 0.717) is 4.47 Å². The van der Waals surface area contributed by atoms with E-state index in [-0.39, 0.29) is 21.1 Å². The zero-order valence-corrected chi connectivity index (χ0v) is 13.7. The van der Waals surface area contributed by atoms with Crippen molar-refractivity contribution >= 4 is 48.8 Å². The van der Waals surface area contributed by atoms with Crippen molar-refractivity contribution in [2.45, 2.75) is 4.90 Å². The van der Waals surface area contributed by atoms with Crippen LogP contribution in [0, 0.1) is 5.82 Å². The normalized spacial score (nSPS) is 11.1. The van der Waals surface area contributed by atoms with Gasteiger partial charge in [-0.2, -0.15) is 0 Å². The number of thiocarbonyl (C=S) groups is 1. The smallest absolute Gasteiger partial charge is 0.263 e. The molecule has 0 aromatic heterocycles. The number of anilines is 1. The fourth-order valence-corrected chi connectivity index (χ4v) is 4.01. The average Bonchev–Trinajstić information content (AvgIpc) is 2.38. The highest BCUT2D eigenvalue weighted by Crippen LogP contribution is 2.26. The van der Waals surface area contributed by atoms with Gasteiger partial charge in [-0.05, 0) is 40.2 Å². The molecule has 0 radical (unpaired) electrons. The van der Waals surface area contributed by atoms with E-state index in [9.17, 15) is 12.8 Å². The van der Waals surface area contributed by atoms with Crippen LogP contribution in [0.15, 0.2) is 51.8 Å². The molecule has 0 aliphatic rings. The topological polar surface area (TPSA) is 72.2 Å². The molecule has 0 amide bonds. The van der Waals surface area contributed by atoms with Gasteiger partial charge in [0.1, 0.15) is 15.7 Å². The van der Waals surface area contributed by atoms with Gasteiger partial charge in [0.15, 0.2) is 0 Å². The molecule has 110 valence electrons. The SMILES string of the molecule is NC(=S)c1c(F)cccc1NS(=O)(=O)c1ccccc1Br. The van der Waals surface area contributed by atoms with E-state index in [2.05, 4.69) is 20.7 Å². The number of hydrogen-bond donors (Lipinski definition) is 2. The van der Waals surface area contributed by atoms with E-state index in [4.69, 9.17) is 18.0 Å². The van der Waals surface area contributed by atoms with Crippen molar-refractivity contribution in [1.29, 1.82) is 0 Å². The van der Waals surface area contributed by atoms with Gasteiger partial charge >= 0.3 is 0 Å². The van der Waals surface area contributed by atoms with Crippen molar-refractivity contribution in [1.82, 2.24) is 0 Å². The summed E-state index contributed by atoms with van der Waals surface area (Å²) in [6.07, 6.45) is 0. The molecule has 0 saturated heterocycles. The summed E-state index contributed by atoms with van der Waals surface area (Å²) >= 11 is 7.93. The number of nitrogens with two attached hydrogens (primary N) is 1. The minimum absolute atomic E-state index is 0.00162. The molecule has 2 aromatic rings. The van der Waals surface area contributed by atoms with Crippen LogP contribution in [0.5, 0.6) is 0 Å². The molecule has 0 aliphatic heterocycles. The first-order valence-corrected chi connectivity index (χ1v) is 8.37.